The molecule has 1 unspecified atom stereocenters. The molecule has 0 spiro atoms. The van der Waals surface area contributed by atoms with Gasteiger partial charge >= 0.3 is 12.1 Å². The average Bonchev–Trinajstić information content (AvgIpc) is 3.10. The molecule has 0 saturated carbocycles. The number of carbonyl (C=O) groups excluding carboxylic acids is 3. The van der Waals surface area contributed by atoms with Crippen molar-refractivity contribution in [3.05, 3.63) is 95.1 Å². The lowest BCUT2D eigenvalue weighted by atomic mass is 10.1. The number of anilines is 2. The largest absolute Gasteiger partial charge is 0.490 e. The Kier molecular flexibility index (Phi) is 10.7. The lowest BCUT2D eigenvalue weighted by molar-refractivity contribution is -0.192. The van der Waals surface area contributed by atoms with Crippen molar-refractivity contribution in [1.82, 2.24) is 4.90 Å². The highest BCUT2D eigenvalue weighted by molar-refractivity contribution is 6.07. The number of nitrogen functional groups attached to an aromatic ring is 1. The zero-order valence-corrected chi connectivity index (χ0v) is 23.6. The highest BCUT2D eigenvalue weighted by atomic mass is 19.4. The van der Waals surface area contributed by atoms with Crippen LogP contribution in [0.15, 0.2) is 72.8 Å². The molecule has 0 aliphatic carbocycles. The van der Waals surface area contributed by atoms with Crippen LogP contribution >= 0.6 is 0 Å². The number of hydrogen-bond donors (Lipinski definition) is 5. The SMILES string of the molecule is CN(C(=O)c1ccc2c(c1)NC(CC(N)=O)C(=O)N(CCc1ccccc1)C2)c1ccc(C(=N)N)cc1.O=C(O)C(F)(F)F. The molecule has 4 rings (SSSR count). The van der Waals surface area contributed by atoms with Crippen molar-refractivity contribution in [2.45, 2.75) is 31.6 Å². The van der Waals surface area contributed by atoms with Gasteiger partial charge in [0, 0.05) is 42.6 Å². The van der Waals surface area contributed by atoms with Gasteiger partial charge in [-0.05, 0) is 53.9 Å². The molecule has 232 valence electrons. The number of alkyl halides is 3. The third kappa shape index (κ3) is 8.80. The van der Waals surface area contributed by atoms with Crippen LogP contribution in [0.1, 0.15) is 33.5 Å². The molecular weight excluding hydrogens is 581 g/mol. The van der Waals surface area contributed by atoms with Gasteiger partial charge in [-0.3, -0.25) is 19.8 Å². The second kappa shape index (κ2) is 14.2. The number of amidine groups is 1. The van der Waals surface area contributed by atoms with Crippen LogP contribution in [-0.2, 0) is 27.3 Å². The zero-order valence-electron chi connectivity index (χ0n) is 23.6. The quantitative estimate of drug-likeness (QED) is 0.191. The summed E-state index contributed by atoms with van der Waals surface area (Å²) in [5, 5.41) is 17.8. The second-order valence-corrected chi connectivity index (χ2v) is 9.86. The predicted molar refractivity (Wildman–Crippen MR) is 157 cm³/mol. The van der Waals surface area contributed by atoms with Crippen LogP contribution < -0.4 is 21.7 Å². The number of carbonyl (C=O) groups is 4. The normalized spacial score (nSPS) is 14.2. The van der Waals surface area contributed by atoms with E-state index in [1.807, 2.05) is 36.4 Å². The molecule has 1 aliphatic rings. The van der Waals surface area contributed by atoms with Gasteiger partial charge in [0.25, 0.3) is 5.91 Å². The minimum Gasteiger partial charge on any atom is -0.475 e. The molecule has 0 radical (unpaired) electrons. The van der Waals surface area contributed by atoms with Crippen molar-refractivity contribution in [1.29, 1.82) is 5.41 Å². The third-order valence-corrected chi connectivity index (χ3v) is 6.69. The summed E-state index contributed by atoms with van der Waals surface area (Å²) < 4.78 is 31.7. The average molecular weight is 613 g/mol. The Balaban J connectivity index is 0.000000676. The number of primary amides is 1. The van der Waals surface area contributed by atoms with Crippen LogP contribution in [0.5, 0.6) is 0 Å². The van der Waals surface area contributed by atoms with Crippen LogP contribution in [0.2, 0.25) is 0 Å². The smallest absolute Gasteiger partial charge is 0.475 e. The number of benzene rings is 3. The van der Waals surface area contributed by atoms with Crippen molar-refractivity contribution < 1.29 is 37.5 Å². The lowest BCUT2D eigenvalue weighted by Gasteiger charge is -2.24. The number of rotatable bonds is 8. The van der Waals surface area contributed by atoms with Crippen molar-refractivity contribution in [3.8, 4) is 0 Å². The number of carboxylic acids is 1. The Morgan fingerprint density at radius 2 is 1.61 bits per heavy atom. The van der Waals surface area contributed by atoms with E-state index in [9.17, 15) is 27.6 Å². The van der Waals surface area contributed by atoms with Crippen LogP contribution in [0.4, 0.5) is 24.5 Å². The number of hydrogen-bond acceptors (Lipinski definition) is 6. The van der Waals surface area contributed by atoms with Gasteiger partial charge in [0.1, 0.15) is 11.9 Å². The van der Waals surface area contributed by atoms with Gasteiger partial charge in [-0.1, -0.05) is 36.4 Å². The first-order chi connectivity index (χ1) is 20.7. The monoisotopic (exact) mass is 612 g/mol. The van der Waals surface area contributed by atoms with E-state index in [2.05, 4.69) is 5.32 Å². The maximum Gasteiger partial charge on any atom is 0.490 e. The molecule has 1 aliphatic heterocycles. The molecular formula is C30H31F3N6O5. The molecule has 1 heterocycles. The fraction of sp³-hybridized carbons (Fsp3) is 0.233. The maximum atomic E-state index is 13.3. The Morgan fingerprint density at radius 1 is 1.02 bits per heavy atom. The van der Waals surface area contributed by atoms with Crippen molar-refractivity contribution in [2.75, 3.05) is 23.8 Å². The third-order valence-electron chi connectivity index (χ3n) is 6.69. The molecule has 0 saturated heterocycles. The number of carboxylic acid groups (broad SMARTS) is 1. The molecule has 0 bridgehead atoms. The number of nitrogens with two attached hydrogens (primary N) is 2. The number of nitrogens with one attached hydrogen (secondary N) is 2. The predicted octanol–water partition coefficient (Wildman–Crippen LogP) is 3.12. The standard InChI is InChI=1S/C28H30N6O3.C2HF3O2/c1-33(22-11-9-19(10-12-22)26(30)31)27(36)20-7-8-21-17-34(14-13-18-5-3-2-4-6-18)28(37)24(16-25(29)35)32-23(21)15-20;3-2(4,5)1(6)7/h2-12,15,24,32H,13-14,16-17H2,1H3,(H2,29,35)(H3,30,31);(H,6,7). The molecule has 7 N–H and O–H groups in total. The van der Waals surface area contributed by atoms with E-state index in [0.29, 0.717) is 42.0 Å². The summed E-state index contributed by atoms with van der Waals surface area (Å²) >= 11 is 0. The maximum absolute atomic E-state index is 13.3. The highest BCUT2D eigenvalue weighted by Crippen LogP contribution is 2.27. The first-order valence-corrected chi connectivity index (χ1v) is 13.2. The fourth-order valence-corrected chi connectivity index (χ4v) is 4.35. The lowest BCUT2D eigenvalue weighted by Crippen LogP contribution is -2.43. The van der Waals surface area contributed by atoms with E-state index >= 15 is 0 Å². The number of aliphatic carboxylic acids is 1. The molecule has 14 heteroatoms. The van der Waals surface area contributed by atoms with E-state index in [1.54, 1.807) is 48.3 Å². The Hall–Kier alpha value is -5.40. The number of nitrogens with zero attached hydrogens (tertiary/aromatic N) is 2. The minimum atomic E-state index is -5.08. The summed E-state index contributed by atoms with van der Waals surface area (Å²) in [4.78, 5) is 50.4. The number of halogens is 3. The molecule has 44 heavy (non-hydrogen) atoms. The van der Waals surface area contributed by atoms with Crippen molar-refractivity contribution in [2.24, 2.45) is 11.5 Å². The van der Waals surface area contributed by atoms with E-state index in [0.717, 1.165) is 11.1 Å². The van der Waals surface area contributed by atoms with Gasteiger partial charge < -0.3 is 31.7 Å². The summed E-state index contributed by atoms with van der Waals surface area (Å²) in [7, 11) is 1.66. The summed E-state index contributed by atoms with van der Waals surface area (Å²) in [5.74, 6) is -3.84. The van der Waals surface area contributed by atoms with Gasteiger partial charge in [0.05, 0.1) is 6.42 Å². The molecule has 1 atom stereocenters. The molecule has 0 aromatic heterocycles. The van der Waals surface area contributed by atoms with Gasteiger partial charge in [-0.25, -0.2) is 4.79 Å². The summed E-state index contributed by atoms with van der Waals surface area (Å²) in [6.07, 6.45) is -4.56. The van der Waals surface area contributed by atoms with E-state index in [1.165, 1.54) is 4.90 Å². The van der Waals surface area contributed by atoms with Crippen molar-refractivity contribution >= 4 is 40.9 Å². The second-order valence-electron chi connectivity index (χ2n) is 9.86. The van der Waals surface area contributed by atoms with Crippen LogP contribution in [0, 0.1) is 5.41 Å². The Bertz CT molecular complexity index is 1530. The molecule has 3 aromatic rings. The minimum absolute atomic E-state index is 0.0461. The summed E-state index contributed by atoms with van der Waals surface area (Å²) in [6.45, 7) is 0.832. The first kappa shape index (κ1) is 33.1. The first-order valence-electron chi connectivity index (χ1n) is 13.2. The molecule has 11 nitrogen and oxygen atoms in total. The summed E-state index contributed by atoms with van der Waals surface area (Å²) in [6, 6.07) is 21.2. The molecule has 0 fully saturated rings. The number of fused-ring (bicyclic) bond motifs is 1. The van der Waals surface area contributed by atoms with Crippen LogP contribution in [-0.4, -0.2) is 65.3 Å². The Labute approximate surface area is 250 Å². The van der Waals surface area contributed by atoms with Crippen LogP contribution in [0.25, 0.3) is 0 Å². The number of amides is 3. The van der Waals surface area contributed by atoms with Gasteiger partial charge in [0.15, 0.2) is 0 Å². The van der Waals surface area contributed by atoms with Gasteiger partial charge in [-0.15, -0.1) is 0 Å². The zero-order chi connectivity index (χ0) is 32.6. The van der Waals surface area contributed by atoms with Crippen molar-refractivity contribution in [3.63, 3.8) is 0 Å². The molecule has 3 aromatic carbocycles. The topological polar surface area (TPSA) is 183 Å². The van der Waals surface area contributed by atoms with E-state index in [4.69, 9.17) is 26.8 Å². The van der Waals surface area contributed by atoms with E-state index < -0.39 is 24.1 Å². The van der Waals surface area contributed by atoms with Crippen LogP contribution in [0.3, 0.4) is 0 Å². The Morgan fingerprint density at radius 3 is 2.16 bits per heavy atom. The molecule has 3 amide bonds. The highest BCUT2D eigenvalue weighted by Gasteiger charge is 2.38. The fourth-order valence-electron chi connectivity index (χ4n) is 4.35. The van der Waals surface area contributed by atoms with Gasteiger partial charge in [-0.2, -0.15) is 13.2 Å². The summed E-state index contributed by atoms with van der Waals surface area (Å²) in [5.41, 5.74) is 15.2. The van der Waals surface area contributed by atoms with Gasteiger partial charge in [0.2, 0.25) is 11.8 Å². The van der Waals surface area contributed by atoms with E-state index in [-0.39, 0.29) is 24.1 Å².